The van der Waals surface area contributed by atoms with Crippen molar-refractivity contribution in [1.82, 2.24) is 0 Å². The van der Waals surface area contributed by atoms with Gasteiger partial charge >= 0.3 is 0 Å². The van der Waals surface area contributed by atoms with E-state index in [9.17, 15) is 13.6 Å². The summed E-state index contributed by atoms with van der Waals surface area (Å²) in [6, 6.07) is 3.18. The number of ketones is 1. The van der Waals surface area contributed by atoms with Crippen LogP contribution in [0.3, 0.4) is 0 Å². The van der Waals surface area contributed by atoms with Crippen LogP contribution in [0.25, 0.3) is 0 Å². The molecule has 0 amide bonds. The van der Waals surface area contributed by atoms with Crippen LogP contribution in [0.1, 0.15) is 49.4 Å². The highest BCUT2D eigenvalue weighted by molar-refractivity contribution is 6.00. The largest absolute Gasteiger partial charge is 0.293 e. The van der Waals surface area contributed by atoms with Crippen molar-refractivity contribution in [2.24, 2.45) is 5.41 Å². The molecular formula is C14H16F2O. The van der Waals surface area contributed by atoms with Crippen molar-refractivity contribution < 1.29 is 13.6 Å². The number of carbonyl (C=O) groups excluding carboxylic acids is 1. The maximum Gasteiger partial charge on any atom is 0.171 e. The molecular weight excluding hydrogens is 222 g/mol. The SMILES string of the molecule is CC1(C(=O)c2ccc(F)cc2F)CCCCC1. The van der Waals surface area contributed by atoms with Crippen molar-refractivity contribution in [3.63, 3.8) is 0 Å². The normalized spacial score (nSPS) is 19.0. The number of hydrogen-bond donors (Lipinski definition) is 0. The molecule has 92 valence electrons. The molecule has 1 aromatic carbocycles. The van der Waals surface area contributed by atoms with Crippen molar-refractivity contribution in [3.8, 4) is 0 Å². The first-order chi connectivity index (χ1) is 8.03. The minimum atomic E-state index is -0.748. The summed E-state index contributed by atoms with van der Waals surface area (Å²) in [5.41, 5.74) is -0.451. The van der Waals surface area contributed by atoms with E-state index in [1.54, 1.807) is 0 Å². The summed E-state index contributed by atoms with van der Waals surface area (Å²) in [6.07, 6.45) is 4.73. The van der Waals surface area contributed by atoms with E-state index in [4.69, 9.17) is 0 Å². The Balaban J connectivity index is 2.30. The number of hydrogen-bond acceptors (Lipinski definition) is 1. The molecule has 3 heteroatoms. The summed E-state index contributed by atoms with van der Waals surface area (Å²) in [6.45, 7) is 1.89. The Kier molecular flexibility index (Phi) is 3.27. The van der Waals surface area contributed by atoms with Crippen molar-refractivity contribution in [2.45, 2.75) is 39.0 Å². The van der Waals surface area contributed by atoms with Crippen LogP contribution in [-0.4, -0.2) is 5.78 Å². The molecule has 0 unspecified atom stereocenters. The zero-order valence-electron chi connectivity index (χ0n) is 9.93. The Bertz CT molecular complexity index is 434. The molecule has 0 aliphatic heterocycles. The number of carbonyl (C=O) groups is 1. The lowest BCUT2D eigenvalue weighted by Crippen LogP contribution is -2.31. The van der Waals surface area contributed by atoms with Gasteiger partial charge in [0.15, 0.2) is 5.78 Å². The zero-order valence-corrected chi connectivity index (χ0v) is 9.93. The van der Waals surface area contributed by atoms with E-state index in [1.807, 2.05) is 6.92 Å². The zero-order chi connectivity index (χ0) is 12.5. The first kappa shape index (κ1) is 12.2. The van der Waals surface area contributed by atoms with E-state index in [0.29, 0.717) is 0 Å². The van der Waals surface area contributed by atoms with Gasteiger partial charge in [-0.2, -0.15) is 0 Å². The fraction of sp³-hybridized carbons (Fsp3) is 0.500. The quantitative estimate of drug-likeness (QED) is 0.708. The fourth-order valence-electron chi connectivity index (χ4n) is 2.56. The van der Waals surface area contributed by atoms with Gasteiger partial charge in [-0.05, 0) is 25.0 Å². The number of Topliss-reactive ketones (excluding diaryl/α,β-unsaturated/α-hetero) is 1. The van der Waals surface area contributed by atoms with Crippen LogP contribution in [0.15, 0.2) is 18.2 Å². The van der Waals surface area contributed by atoms with Gasteiger partial charge in [-0.3, -0.25) is 4.79 Å². The standard InChI is InChI=1S/C14H16F2O/c1-14(7-3-2-4-8-14)13(17)11-6-5-10(15)9-12(11)16/h5-6,9H,2-4,7-8H2,1H3. The van der Waals surface area contributed by atoms with E-state index in [1.165, 1.54) is 6.07 Å². The third-order valence-corrected chi connectivity index (χ3v) is 3.68. The van der Waals surface area contributed by atoms with Gasteiger partial charge in [-0.1, -0.05) is 26.2 Å². The van der Waals surface area contributed by atoms with E-state index in [0.717, 1.165) is 44.2 Å². The molecule has 1 aliphatic rings. The van der Waals surface area contributed by atoms with E-state index in [2.05, 4.69) is 0 Å². The van der Waals surface area contributed by atoms with Crippen molar-refractivity contribution in [1.29, 1.82) is 0 Å². The first-order valence-electron chi connectivity index (χ1n) is 6.03. The van der Waals surface area contributed by atoms with Crippen LogP contribution in [0.5, 0.6) is 0 Å². The summed E-state index contributed by atoms with van der Waals surface area (Å²) < 4.78 is 26.4. The molecule has 0 bridgehead atoms. The molecule has 1 fully saturated rings. The van der Waals surface area contributed by atoms with Gasteiger partial charge in [-0.25, -0.2) is 8.78 Å². The lowest BCUT2D eigenvalue weighted by atomic mass is 9.71. The highest BCUT2D eigenvalue weighted by Gasteiger charge is 2.36. The van der Waals surface area contributed by atoms with Crippen molar-refractivity contribution >= 4 is 5.78 Å². The van der Waals surface area contributed by atoms with Crippen LogP contribution >= 0.6 is 0 Å². The molecule has 1 aromatic rings. The smallest absolute Gasteiger partial charge is 0.171 e. The highest BCUT2D eigenvalue weighted by Crippen LogP contribution is 2.39. The van der Waals surface area contributed by atoms with Gasteiger partial charge in [0.1, 0.15) is 11.6 Å². The summed E-state index contributed by atoms with van der Waals surface area (Å²) in [7, 11) is 0. The van der Waals surface area contributed by atoms with Gasteiger partial charge in [-0.15, -0.1) is 0 Å². The topological polar surface area (TPSA) is 17.1 Å². The Hall–Kier alpha value is -1.25. The monoisotopic (exact) mass is 238 g/mol. The van der Waals surface area contributed by atoms with E-state index in [-0.39, 0.29) is 11.3 Å². The van der Waals surface area contributed by atoms with E-state index < -0.39 is 17.0 Å². The lowest BCUT2D eigenvalue weighted by Gasteiger charge is -2.32. The maximum atomic E-state index is 13.6. The average molecular weight is 238 g/mol. The summed E-state index contributed by atoms with van der Waals surface area (Å²) in [4.78, 5) is 12.3. The molecule has 1 saturated carbocycles. The van der Waals surface area contributed by atoms with Crippen LogP contribution < -0.4 is 0 Å². The molecule has 0 spiro atoms. The Morgan fingerprint density at radius 1 is 1.18 bits per heavy atom. The Labute approximate surface area is 99.8 Å². The summed E-state index contributed by atoms with van der Waals surface area (Å²) in [5.74, 6) is -1.58. The predicted molar refractivity (Wildman–Crippen MR) is 61.9 cm³/mol. The maximum absolute atomic E-state index is 13.6. The molecule has 0 aromatic heterocycles. The third-order valence-electron chi connectivity index (χ3n) is 3.68. The molecule has 0 radical (unpaired) electrons. The van der Waals surface area contributed by atoms with Crippen LogP contribution in [0.4, 0.5) is 8.78 Å². The highest BCUT2D eigenvalue weighted by atomic mass is 19.1. The first-order valence-corrected chi connectivity index (χ1v) is 6.03. The molecule has 0 heterocycles. The molecule has 0 atom stereocenters. The van der Waals surface area contributed by atoms with Gasteiger partial charge in [0.2, 0.25) is 0 Å². The molecule has 0 saturated heterocycles. The predicted octanol–water partition coefficient (Wildman–Crippen LogP) is 4.12. The van der Waals surface area contributed by atoms with Crippen molar-refractivity contribution in [3.05, 3.63) is 35.4 Å². The van der Waals surface area contributed by atoms with Gasteiger partial charge in [0, 0.05) is 11.5 Å². The number of benzene rings is 1. The van der Waals surface area contributed by atoms with Gasteiger partial charge < -0.3 is 0 Å². The Morgan fingerprint density at radius 3 is 2.41 bits per heavy atom. The Morgan fingerprint density at radius 2 is 1.82 bits per heavy atom. The summed E-state index contributed by atoms with van der Waals surface area (Å²) >= 11 is 0. The second-order valence-corrected chi connectivity index (χ2v) is 5.07. The van der Waals surface area contributed by atoms with Crippen molar-refractivity contribution in [2.75, 3.05) is 0 Å². The van der Waals surface area contributed by atoms with Gasteiger partial charge in [0.05, 0.1) is 5.56 Å². The fourth-order valence-corrected chi connectivity index (χ4v) is 2.56. The molecule has 2 rings (SSSR count). The second-order valence-electron chi connectivity index (χ2n) is 5.07. The third kappa shape index (κ3) is 2.38. The molecule has 1 aliphatic carbocycles. The molecule has 0 N–H and O–H groups in total. The number of halogens is 2. The van der Waals surface area contributed by atoms with Gasteiger partial charge in [0.25, 0.3) is 0 Å². The minimum Gasteiger partial charge on any atom is -0.293 e. The second kappa shape index (κ2) is 4.55. The average Bonchev–Trinajstić information content (AvgIpc) is 2.29. The molecule has 17 heavy (non-hydrogen) atoms. The number of rotatable bonds is 2. The lowest BCUT2D eigenvalue weighted by molar-refractivity contribution is 0.0745. The van der Waals surface area contributed by atoms with Crippen LogP contribution in [-0.2, 0) is 0 Å². The minimum absolute atomic E-state index is 0.0239. The van der Waals surface area contributed by atoms with Crippen LogP contribution in [0, 0.1) is 17.0 Å². The molecule has 1 nitrogen and oxygen atoms in total. The van der Waals surface area contributed by atoms with Crippen LogP contribution in [0.2, 0.25) is 0 Å². The van der Waals surface area contributed by atoms with E-state index >= 15 is 0 Å². The summed E-state index contributed by atoms with van der Waals surface area (Å²) in [5, 5.41) is 0.